The molecular weight excluding hydrogens is 596 g/mol. The Morgan fingerprint density at radius 2 is 1.86 bits per heavy atom. The molecule has 15 heteroatoms. The van der Waals surface area contributed by atoms with Crippen LogP contribution in [0.3, 0.4) is 0 Å². The van der Waals surface area contributed by atoms with Gasteiger partial charge in [0.1, 0.15) is 23.1 Å². The summed E-state index contributed by atoms with van der Waals surface area (Å²) in [5, 5.41) is 7.06. The molecule has 4 aromatic rings. The summed E-state index contributed by atoms with van der Waals surface area (Å²) in [7, 11) is 3.24. The maximum atomic E-state index is 14.6. The number of carbonyl (C=O) groups is 2. The number of hydrogen-bond donors (Lipinski definition) is 3. The number of pyridine rings is 1. The van der Waals surface area contributed by atoms with Gasteiger partial charge in [0.15, 0.2) is 0 Å². The minimum absolute atomic E-state index is 0.00936. The number of anilines is 3. The van der Waals surface area contributed by atoms with Gasteiger partial charge < -0.3 is 15.0 Å². The summed E-state index contributed by atoms with van der Waals surface area (Å²) in [4.78, 5) is 39.6. The molecule has 1 unspecified atom stereocenters. The number of nitrogens with zero attached hydrogens (tertiary/aromatic N) is 6. The molecule has 44 heavy (non-hydrogen) atoms. The number of aryl methyl sites for hydroxylation is 1. The van der Waals surface area contributed by atoms with Crippen molar-refractivity contribution in [2.45, 2.75) is 32.8 Å². The van der Waals surface area contributed by atoms with E-state index in [1.54, 1.807) is 56.9 Å². The van der Waals surface area contributed by atoms with E-state index in [2.05, 4.69) is 36.2 Å². The second-order valence-electron chi connectivity index (χ2n) is 10.9. The molecular formula is C29H32ClF2N9O3. The third kappa shape index (κ3) is 8.83. The molecule has 0 fully saturated rings. The molecule has 0 saturated carbocycles. The molecule has 4 rings (SSSR count). The predicted octanol–water partition coefficient (Wildman–Crippen LogP) is 5.12. The Morgan fingerprint density at radius 3 is 2.55 bits per heavy atom. The smallest absolute Gasteiger partial charge is 0.410 e. The quantitative estimate of drug-likeness (QED) is 0.162. The molecule has 0 saturated heterocycles. The van der Waals surface area contributed by atoms with E-state index in [-0.39, 0.29) is 29.8 Å². The topological polar surface area (TPSA) is 139 Å². The Hall–Kier alpha value is -4.85. The first-order valence-electron chi connectivity index (χ1n) is 13.5. The first kappa shape index (κ1) is 32.1. The summed E-state index contributed by atoms with van der Waals surface area (Å²) in [5.41, 5.74) is 5.64. The zero-order valence-electron chi connectivity index (χ0n) is 24.7. The normalized spacial score (nSPS) is 11.9. The second kappa shape index (κ2) is 13.6. The highest BCUT2D eigenvalue weighted by Crippen LogP contribution is 2.23. The highest BCUT2D eigenvalue weighted by molar-refractivity contribution is 6.30. The zero-order chi connectivity index (χ0) is 32.0. The number of amides is 2. The SMILES string of the molecule is CN(CC(Cc1ccc(Cl)c(F)c1)C(=O)NNc1cc(-c2ccnc(Nc3ccnn3C)n2)cc(F)n1)C(=O)OC(C)(C)C. The van der Waals surface area contributed by atoms with Crippen molar-refractivity contribution >= 4 is 41.2 Å². The third-order valence-corrected chi connectivity index (χ3v) is 6.46. The fourth-order valence-corrected chi connectivity index (χ4v) is 4.18. The Balaban J connectivity index is 1.50. The maximum absolute atomic E-state index is 14.6. The average Bonchev–Trinajstić information content (AvgIpc) is 3.36. The lowest BCUT2D eigenvalue weighted by Gasteiger charge is -2.27. The molecule has 3 N–H and O–H groups in total. The van der Waals surface area contributed by atoms with Gasteiger partial charge in [0.2, 0.25) is 17.8 Å². The highest BCUT2D eigenvalue weighted by atomic mass is 35.5. The summed E-state index contributed by atoms with van der Waals surface area (Å²) in [6.45, 7) is 5.11. The number of ether oxygens (including phenoxy) is 1. The molecule has 1 aromatic carbocycles. The molecule has 3 aromatic heterocycles. The van der Waals surface area contributed by atoms with Crippen molar-refractivity contribution in [1.29, 1.82) is 0 Å². The van der Waals surface area contributed by atoms with Crippen LogP contribution in [0.15, 0.2) is 54.9 Å². The Labute approximate surface area is 257 Å². The van der Waals surface area contributed by atoms with Crippen LogP contribution >= 0.6 is 11.6 Å². The van der Waals surface area contributed by atoms with Gasteiger partial charge in [0.05, 0.1) is 22.8 Å². The lowest BCUT2D eigenvalue weighted by atomic mass is 9.98. The minimum Gasteiger partial charge on any atom is -0.444 e. The molecule has 0 radical (unpaired) electrons. The largest absolute Gasteiger partial charge is 0.444 e. The lowest BCUT2D eigenvalue weighted by Crippen LogP contribution is -2.44. The molecule has 0 aliphatic carbocycles. The van der Waals surface area contributed by atoms with Crippen molar-refractivity contribution in [2.24, 2.45) is 13.0 Å². The summed E-state index contributed by atoms with van der Waals surface area (Å²) in [6.07, 6.45) is 2.55. The monoisotopic (exact) mass is 627 g/mol. The molecule has 0 aliphatic rings. The first-order valence-corrected chi connectivity index (χ1v) is 13.8. The molecule has 0 aliphatic heterocycles. The average molecular weight is 628 g/mol. The van der Waals surface area contributed by atoms with Crippen molar-refractivity contribution in [3.63, 3.8) is 0 Å². The number of halogens is 3. The number of aromatic nitrogens is 5. The molecule has 232 valence electrons. The number of hydrazine groups is 1. The van der Waals surface area contributed by atoms with Crippen LogP contribution in [0.1, 0.15) is 26.3 Å². The van der Waals surface area contributed by atoms with E-state index >= 15 is 0 Å². The molecule has 2 amide bonds. The summed E-state index contributed by atoms with van der Waals surface area (Å²) < 4.78 is 35.7. The van der Waals surface area contributed by atoms with Crippen molar-refractivity contribution in [3.8, 4) is 11.3 Å². The minimum atomic E-state index is -0.865. The second-order valence-corrected chi connectivity index (χ2v) is 11.3. The van der Waals surface area contributed by atoms with Gasteiger partial charge in [-0.15, -0.1) is 0 Å². The Bertz CT molecular complexity index is 1640. The molecule has 3 heterocycles. The van der Waals surface area contributed by atoms with Crippen molar-refractivity contribution < 1.29 is 23.1 Å². The Kier molecular flexibility index (Phi) is 9.94. The standard InChI is InChI=1S/C29H32ClF2N9O3/c1-29(2,3)44-28(43)40(4)16-19(12-17-6-7-20(30)21(31)13-17)26(42)39-38-24-15-18(14-23(32)36-24)22-8-10-33-27(35-22)37-25-9-11-34-41(25)5/h6-11,13-15,19H,12,16H2,1-5H3,(H,36,38)(H,39,42)(H,33,35,37). The lowest BCUT2D eigenvalue weighted by molar-refractivity contribution is -0.124. The van der Waals surface area contributed by atoms with Crippen molar-refractivity contribution in [3.05, 3.63) is 77.2 Å². The van der Waals surface area contributed by atoms with Crippen LogP contribution in [0.4, 0.5) is 31.2 Å². The van der Waals surface area contributed by atoms with E-state index in [0.717, 1.165) is 0 Å². The van der Waals surface area contributed by atoms with E-state index < -0.39 is 35.3 Å². The highest BCUT2D eigenvalue weighted by Gasteiger charge is 2.26. The number of hydrogen-bond acceptors (Lipinski definition) is 9. The zero-order valence-corrected chi connectivity index (χ0v) is 25.5. The maximum Gasteiger partial charge on any atom is 0.410 e. The predicted molar refractivity (Wildman–Crippen MR) is 161 cm³/mol. The van der Waals surface area contributed by atoms with Gasteiger partial charge in [-0.1, -0.05) is 17.7 Å². The molecule has 12 nitrogen and oxygen atoms in total. The summed E-state index contributed by atoms with van der Waals surface area (Å²) in [5.74, 6) is -1.98. The van der Waals surface area contributed by atoms with Crippen LogP contribution in [0.2, 0.25) is 5.02 Å². The van der Waals surface area contributed by atoms with E-state index in [9.17, 15) is 18.4 Å². The fraction of sp³-hybridized carbons (Fsp3) is 0.310. The van der Waals surface area contributed by atoms with Crippen LogP contribution in [0.25, 0.3) is 11.3 Å². The van der Waals surface area contributed by atoms with Crippen LogP contribution in [0, 0.1) is 17.7 Å². The van der Waals surface area contributed by atoms with E-state index in [1.807, 2.05) is 0 Å². The third-order valence-electron chi connectivity index (χ3n) is 6.16. The molecule has 0 bridgehead atoms. The number of benzene rings is 1. The van der Waals surface area contributed by atoms with Gasteiger partial charge in [-0.2, -0.15) is 9.49 Å². The molecule has 0 spiro atoms. The first-order chi connectivity index (χ1) is 20.8. The molecule has 1 atom stereocenters. The van der Waals surface area contributed by atoms with Gasteiger partial charge in [-0.3, -0.25) is 20.3 Å². The fourth-order valence-electron chi connectivity index (χ4n) is 4.06. The van der Waals surface area contributed by atoms with Crippen LogP contribution < -0.4 is 16.2 Å². The van der Waals surface area contributed by atoms with Crippen LogP contribution in [-0.4, -0.2) is 60.8 Å². The number of nitrogens with one attached hydrogen (secondary N) is 3. The van der Waals surface area contributed by atoms with Gasteiger partial charge in [-0.25, -0.2) is 24.1 Å². The van der Waals surface area contributed by atoms with Crippen molar-refractivity contribution in [1.82, 2.24) is 35.1 Å². The van der Waals surface area contributed by atoms with E-state index in [1.165, 1.54) is 42.4 Å². The summed E-state index contributed by atoms with van der Waals surface area (Å²) in [6, 6.07) is 10.2. The van der Waals surface area contributed by atoms with Crippen LogP contribution in [0.5, 0.6) is 0 Å². The van der Waals surface area contributed by atoms with Crippen LogP contribution in [-0.2, 0) is 23.0 Å². The van der Waals surface area contributed by atoms with Crippen molar-refractivity contribution in [2.75, 3.05) is 24.3 Å². The van der Waals surface area contributed by atoms with Gasteiger partial charge >= 0.3 is 6.09 Å². The summed E-state index contributed by atoms with van der Waals surface area (Å²) >= 11 is 5.81. The van der Waals surface area contributed by atoms with Gasteiger partial charge in [0, 0.05) is 44.5 Å². The van der Waals surface area contributed by atoms with E-state index in [0.29, 0.717) is 22.6 Å². The number of carbonyl (C=O) groups excluding carboxylic acids is 2. The Morgan fingerprint density at radius 1 is 1.09 bits per heavy atom. The number of rotatable bonds is 10. The van der Waals surface area contributed by atoms with E-state index in [4.69, 9.17) is 16.3 Å². The van der Waals surface area contributed by atoms with Gasteiger partial charge in [0.25, 0.3) is 0 Å². The van der Waals surface area contributed by atoms with Gasteiger partial charge in [-0.05, 0) is 57.0 Å².